The fraction of sp³-hybridized carbons (Fsp3) is 0.818. The summed E-state index contributed by atoms with van der Waals surface area (Å²) in [4.78, 5) is 22.7. The molecule has 1 heterocycles. The van der Waals surface area contributed by atoms with Crippen molar-refractivity contribution in [3.05, 3.63) is 0 Å². The van der Waals surface area contributed by atoms with E-state index in [0.29, 0.717) is 0 Å². The van der Waals surface area contributed by atoms with Crippen molar-refractivity contribution in [2.45, 2.75) is 38.2 Å². The van der Waals surface area contributed by atoms with Gasteiger partial charge in [0.2, 0.25) is 6.29 Å². The molecule has 1 saturated heterocycles. The third-order valence-corrected chi connectivity index (χ3v) is 3.62. The highest BCUT2D eigenvalue weighted by atomic mass is 32.2. The Bertz CT molecular complexity index is 542. The van der Waals surface area contributed by atoms with E-state index in [-0.39, 0.29) is 12.8 Å². The highest BCUT2D eigenvalue weighted by Gasteiger charge is 2.45. The predicted octanol–water partition coefficient (Wildman–Crippen LogP) is 0.716. The second-order valence-corrected chi connectivity index (χ2v) is 6.90. The molecule has 0 aromatic heterocycles. The fourth-order valence-electron chi connectivity index (χ4n) is 1.42. The van der Waals surface area contributed by atoms with Crippen LogP contribution in [0.5, 0.6) is 0 Å². The van der Waals surface area contributed by atoms with Crippen LogP contribution in [0, 0.1) is 5.41 Å². The van der Waals surface area contributed by atoms with Crippen molar-refractivity contribution in [2.24, 2.45) is 5.41 Å². The Morgan fingerprint density at radius 2 is 2.00 bits per heavy atom. The van der Waals surface area contributed by atoms with Gasteiger partial charge in [-0.1, -0.05) is 0 Å². The normalized spacial score (nSPS) is 19.9. The van der Waals surface area contributed by atoms with Crippen molar-refractivity contribution >= 4 is 22.1 Å². The van der Waals surface area contributed by atoms with Crippen LogP contribution in [0.15, 0.2) is 0 Å². The van der Waals surface area contributed by atoms with Crippen LogP contribution in [-0.2, 0) is 33.9 Å². The van der Waals surface area contributed by atoms with E-state index in [1.807, 2.05) is 0 Å². The molecule has 0 amide bonds. The molecule has 1 rings (SSSR count). The SMILES string of the molecule is CC(C)(COCC(F)(F)S(=O)(=O)O)C(=O)OC1CCC(=O)O1. The number of halogens is 2. The Morgan fingerprint density at radius 1 is 1.41 bits per heavy atom. The first-order chi connectivity index (χ1) is 9.85. The molecule has 11 heteroatoms. The van der Waals surface area contributed by atoms with Crippen molar-refractivity contribution in [3.8, 4) is 0 Å². The first-order valence-corrected chi connectivity index (χ1v) is 7.62. The molecule has 0 spiro atoms. The zero-order valence-corrected chi connectivity index (χ0v) is 12.7. The lowest BCUT2D eigenvalue weighted by Crippen LogP contribution is -2.38. The number of carbonyl (C=O) groups is 2. The predicted molar refractivity (Wildman–Crippen MR) is 66.3 cm³/mol. The average molecular weight is 346 g/mol. The quantitative estimate of drug-likeness (QED) is 0.529. The summed E-state index contributed by atoms with van der Waals surface area (Å²) in [6.45, 7) is 0.438. The minimum atomic E-state index is -5.60. The first-order valence-electron chi connectivity index (χ1n) is 6.18. The van der Waals surface area contributed by atoms with Crippen LogP contribution in [0.2, 0.25) is 0 Å². The van der Waals surface area contributed by atoms with Gasteiger partial charge in [0.15, 0.2) is 0 Å². The van der Waals surface area contributed by atoms with Crippen LogP contribution in [0.25, 0.3) is 0 Å². The molecular formula is C11H16F2O8S. The van der Waals surface area contributed by atoms with Gasteiger partial charge in [-0.25, -0.2) is 0 Å². The monoisotopic (exact) mass is 346 g/mol. The van der Waals surface area contributed by atoms with E-state index in [0.717, 1.165) is 0 Å². The molecule has 1 aliphatic rings. The number of hydrogen-bond acceptors (Lipinski definition) is 7. The largest absolute Gasteiger partial charge is 0.425 e. The van der Waals surface area contributed by atoms with Crippen LogP contribution < -0.4 is 0 Å². The highest BCUT2D eigenvalue weighted by molar-refractivity contribution is 7.86. The summed E-state index contributed by atoms with van der Waals surface area (Å²) in [5, 5.41) is -4.48. The van der Waals surface area contributed by atoms with Gasteiger partial charge in [0.05, 0.1) is 18.4 Å². The van der Waals surface area contributed by atoms with E-state index in [2.05, 4.69) is 9.47 Å². The van der Waals surface area contributed by atoms with E-state index < -0.39 is 52.2 Å². The summed E-state index contributed by atoms with van der Waals surface area (Å²) in [5.41, 5.74) is -1.38. The van der Waals surface area contributed by atoms with Crippen LogP contribution in [0.3, 0.4) is 0 Å². The first kappa shape index (κ1) is 18.7. The molecular weight excluding hydrogens is 330 g/mol. The summed E-state index contributed by atoms with van der Waals surface area (Å²) in [6, 6.07) is 0. The molecule has 1 atom stereocenters. The number of cyclic esters (lactones) is 1. The van der Waals surface area contributed by atoms with E-state index in [9.17, 15) is 26.8 Å². The second kappa shape index (κ2) is 6.42. The van der Waals surface area contributed by atoms with Gasteiger partial charge in [0, 0.05) is 6.42 Å². The van der Waals surface area contributed by atoms with Crippen LogP contribution in [0.4, 0.5) is 8.78 Å². The molecule has 1 aliphatic heterocycles. The van der Waals surface area contributed by atoms with Crippen molar-refractivity contribution in [3.63, 3.8) is 0 Å². The molecule has 0 aromatic carbocycles. The van der Waals surface area contributed by atoms with Crippen LogP contribution >= 0.6 is 0 Å². The maximum Gasteiger partial charge on any atom is 0.392 e. The van der Waals surface area contributed by atoms with Crippen molar-refractivity contribution in [2.75, 3.05) is 13.2 Å². The number of rotatable bonds is 7. The fourth-order valence-corrected chi connectivity index (χ4v) is 1.65. The minimum Gasteiger partial charge on any atom is -0.425 e. The number of carbonyl (C=O) groups excluding carboxylic acids is 2. The molecule has 1 fully saturated rings. The lowest BCUT2D eigenvalue weighted by atomic mass is 9.95. The van der Waals surface area contributed by atoms with Crippen molar-refractivity contribution in [1.82, 2.24) is 0 Å². The zero-order valence-electron chi connectivity index (χ0n) is 11.9. The van der Waals surface area contributed by atoms with Crippen molar-refractivity contribution < 1.29 is 45.6 Å². The lowest BCUT2D eigenvalue weighted by Gasteiger charge is -2.24. The smallest absolute Gasteiger partial charge is 0.392 e. The summed E-state index contributed by atoms with van der Waals surface area (Å²) in [7, 11) is -5.60. The Balaban J connectivity index is 2.49. The van der Waals surface area contributed by atoms with E-state index >= 15 is 0 Å². The molecule has 8 nitrogen and oxygen atoms in total. The average Bonchev–Trinajstić information content (AvgIpc) is 2.72. The summed E-state index contributed by atoms with van der Waals surface area (Å²) in [6.07, 6.45) is -0.726. The highest BCUT2D eigenvalue weighted by Crippen LogP contribution is 2.25. The van der Waals surface area contributed by atoms with Gasteiger partial charge in [-0.05, 0) is 13.8 Å². The van der Waals surface area contributed by atoms with Gasteiger partial charge in [-0.15, -0.1) is 0 Å². The number of alkyl halides is 2. The molecule has 0 saturated carbocycles. The topological polar surface area (TPSA) is 116 Å². The molecule has 0 aromatic rings. The molecule has 0 bridgehead atoms. The molecule has 1 N–H and O–H groups in total. The maximum absolute atomic E-state index is 12.9. The molecule has 0 aliphatic carbocycles. The van der Waals surface area contributed by atoms with Crippen molar-refractivity contribution in [1.29, 1.82) is 0 Å². The lowest BCUT2D eigenvalue weighted by molar-refractivity contribution is -0.187. The molecule has 0 radical (unpaired) electrons. The summed E-state index contributed by atoms with van der Waals surface area (Å²) in [5.74, 6) is -1.37. The van der Waals surface area contributed by atoms with Gasteiger partial charge in [0.25, 0.3) is 0 Å². The molecule has 128 valence electrons. The van der Waals surface area contributed by atoms with E-state index in [1.165, 1.54) is 13.8 Å². The van der Waals surface area contributed by atoms with E-state index in [4.69, 9.17) is 9.29 Å². The van der Waals surface area contributed by atoms with Gasteiger partial charge in [-0.3, -0.25) is 14.1 Å². The number of hydrogen-bond donors (Lipinski definition) is 1. The minimum absolute atomic E-state index is 0.107. The van der Waals surface area contributed by atoms with Gasteiger partial charge < -0.3 is 14.2 Å². The number of esters is 2. The number of ether oxygens (including phenoxy) is 3. The third kappa shape index (κ3) is 4.85. The van der Waals surface area contributed by atoms with Gasteiger partial charge in [-0.2, -0.15) is 17.2 Å². The Kier molecular flexibility index (Phi) is 5.47. The Morgan fingerprint density at radius 3 is 2.45 bits per heavy atom. The Hall–Kier alpha value is -1.33. The zero-order chi connectivity index (χ0) is 17.2. The molecule has 22 heavy (non-hydrogen) atoms. The van der Waals surface area contributed by atoms with E-state index in [1.54, 1.807) is 0 Å². The van der Waals surface area contributed by atoms with Crippen LogP contribution in [0.1, 0.15) is 26.7 Å². The van der Waals surface area contributed by atoms with Crippen LogP contribution in [-0.4, -0.2) is 49.7 Å². The summed E-state index contributed by atoms with van der Waals surface area (Å²) >= 11 is 0. The Labute approximate surface area is 125 Å². The van der Waals surface area contributed by atoms with Gasteiger partial charge >= 0.3 is 27.3 Å². The second-order valence-electron chi connectivity index (χ2n) is 5.35. The molecule has 1 unspecified atom stereocenters. The standard InChI is InChI=1S/C11H16F2O8S/c1-10(2,5-19-6-11(12,13)22(16,17)18)9(15)21-8-4-3-7(14)20-8/h8H,3-6H2,1-2H3,(H,16,17,18). The third-order valence-electron chi connectivity index (χ3n) is 2.75. The van der Waals surface area contributed by atoms with Gasteiger partial charge in [0.1, 0.15) is 6.61 Å². The maximum atomic E-state index is 12.9. The summed E-state index contributed by atoms with van der Waals surface area (Å²) < 4.78 is 69.0.